The van der Waals surface area contributed by atoms with Crippen molar-refractivity contribution in [2.75, 3.05) is 5.32 Å². The van der Waals surface area contributed by atoms with E-state index in [0.717, 1.165) is 6.42 Å². The SMILES string of the molecule is CCCn1ncc(NCc2cc(C)c(C)s2)c(Cl)c1=O. The third-order valence-corrected chi connectivity index (χ3v) is 4.61. The third kappa shape index (κ3) is 3.22. The minimum atomic E-state index is -0.239. The monoisotopic (exact) mass is 311 g/mol. The van der Waals surface area contributed by atoms with E-state index in [1.54, 1.807) is 17.5 Å². The molecule has 0 aromatic carbocycles. The molecule has 0 radical (unpaired) electrons. The Kier molecular flexibility index (Phi) is 4.83. The first-order chi connectivity index (χ1) is 9.52. The first-order valence-corrected chi connectivity index (χ1v) is 7.77. The van der Waals surface area contributed by atoms with Gasteiger partial charge in [-0.3, -0.25) is 4.79 Å². The van der Waals surface area contributed by atoms with Crippen LogP contribution in [0.2, 0.25) is 5.02 Å². The molecule has 0 aliphatic heterocycles. The Bertz CT molecular complexity index is 643. The van der Waals surface area contributed by atoms with Crippen molar-refractivity contribution in [2.45, 2.75) is 40.3 Å². The summed E-state index contributed by atoms with van der Waals surface area (Å²) >= 11 is 7.85. The van der Waals surface area contributed by atoms with Crippen LogP contribution in [0.4, 0.5) is 5.69 Å². The first-order valence-electron chi connectivity index (χ1n) is 6.58. The maximum atomic E-state index is 12.0. The zero-order valence-electron chi connectivity index (χ0n) is 11.9. The summed E-state index contributed by atoms with van der Waals surface area (Å²) in [5, 5.41) is 7.51. The van der Waals surface area contributed by atoms with Gasteiger partial charge in [0.05, 0.1) is 11.9 Å². The van der Waals surface area contributed by atoms with Gasteiger partial charge in [-0.1, -0.05) is 18.5 Å². The fourth-order valence-electron chi connectivity index (χ4n) is 1.88. The van der Waals surface area contributed by atoms with Crippen molar-refractivity contribution in [1.82, 2.24) is 9.78 Å². The van der Waals surface area contributed by atoms with Crippen molar-refractivity contribution in [2.24, 2.45) is 0 Å². The summed E-state index contributed by atoms with van der Waals surface area (Å²) in [5.74, 6) is 0. The molecule has 0 saturated carbocycles. The molecule has 2 aromatic heterocycles. The second kappa shape index (κ2) is 6.41. The van der Waals surface area contributed by atoms with Gasteiger partial charge in [0.1, 0.15) is 5.02 Å². The summed E-state index contributed by atoms with van der Waals surface area (Å²) in [6, 6.07) is 2.15. The molecule has 0 spiro atoms. The molecule has 0 amide bonds. The molecule has 2 heterocycles. The fraction of sp³-hybridized carbons (Fsp3) is 0.429. The van der Waals surface area contributed by atoms with Crippen LogP contribution in [0.1, 0.15) is 28.7 Å². The van der Waals surface area contributed by atoms with Crippen molar-refractivity contribution in [3.05, 3.63) is 43.0 Å². The number of anilines is 1. The van der Waals surface area contributed by atoms with Crippen LogP contribution in [0.15, 0.2) is 17.1 Å². The maximum absolute atomic E-state index is 12.0. The molecule has 2 rings (SSSR count). The summed E-state index contributed by atoms with van der Waals surface area (Å²) in [6.07, 6.45) is 2.47. The number of thiophene rings is 1. The van der Waals surface area contributed by atoms with E-state index in [0.29, 0.717) is 18.8 Å². The van der Waals surface area contributed by atoms with Crippen molar-refractivity contribution in [3.8, 4) is 0 Å². The number of rotatable bonds is 5. The number of nitrogens with one attached hydrogen (secondary N) is 1. The minimum Gasteiger partial charge on any atom is -0.377 e. The lowest BCUT2D eigenvalue weighted by molar-refractivity contribution is 0.568. The van der Waals surface area contributed by atoms with E-state index in [9.17, 15) is 4.79 Å². The molecule has 6 heteroatoms. The smallest absolute Gasteiger partial charge is 0.287 e. The van der Waals surface area contributed by atoms with Gasteiger partial charge in [-0.25, -0.2) is 4.68 Å². The first kappa shape index (κ1) is 15.1. The second-order valence-electron chi connectivity index (χ2n) is 4.71. The molecule has 1 N–H and O–H groups in total. The number of nitrogens with zero attached hydrogens (tertiary/aromatic N) is 2. The Hall–Kier alpha value is -1.33. The van der Waals surface area contributed by atoms with Gasteiger partial charge < -0.3 is 5.32 Å². The zero-order chi connectivity index (χ0) is 14.7. The maximum Gasteiger partial charge on any atom is 0.287 e. The Morgan fingerprint density at radius 2 is 2.20 bits per heavy atom. The van der Waals surface area contributed by atoms with Gasteiger partial charge in [0.25, 0.3) is 5.56 Å². The highest BCUT2D eigenvalue weighted by Crippen LogP contribution is 2.23. The lowest BCUT2D eigenvalue weighted by Crippen LogP contribution is -2.24. The van der Waals surface area contributed by atoms with Crippen LogP contribution in [0.5, 0.6) is 0 Å². The molecule has 108 valence electrons. The highest BCUT2D eigenvalue weighted by atomic mass is 35.5. The molecule has 0 saturated heterocycles. The molecule has 0 aliphatic carbocycles. The molecule has 2 aromatic rings. The van der Waals surface area contributed by atoms with E-state index in [1.165, 1.54) is 20.0 Å². The summed E-state index contributed by atoms with van der Waals surface area (Å²) < 4.78 is 1.40. The van der Waals surface area contributed by atoms with E-state index in [2.05, 4.69) is 30.3 Å². The van der Waals surface area contributed by atoms with Crippen molar-refractivity contribution in [3.63, 3.8) is 0 Å². The largest absolute Gasteiger partial charge is 0.377 e. The van der Waals surface area contributed by atoms with E-state index < -0.39 is 0 Å². The summed E-state index contributed by atoms with van der Waals surface area (Å²) in [7, 11) is 0. The topological polar surface area (TPSA) is 46.9 Å². The number of aromatic nitrogens is 2. The molecular weight excluding hydrogens is 294 g/mol. The van der Waals surface area contributed by atoms with Crippen LogP contribution in [0.3, 0.4) is 0 Å². The predicted molar refractivity (Wildman–Crippen MR) is 84.9 cm³/mol. The van der Waals surface area contributed by atoms with Crippen LogP contribution in [-0.4, -0.2) is 9.78 Å². The standard InChI is InChI=1S/C14H18ClN3OS/c1-4-5-18-14(19)13(15)12(8-17-18)16-7-11-6-9(2)10(3)20-11/h6,8,16H,4-5,7H2,1-3H3. The van der Waals surface area contributed by atoms with Gasteiger partial charge in [-0.15, -0.1) is 11.3 Å². The molecule has 0 bridgehead atoms. The molecular formula is C14H18ClN3OS. The lowest BCUT2D eigenvalue weighted by Gasteiger charge is -2.08. The number of halogens is 1. The van der Waals surface area contributed by atoms with Crippen LogP contribution < -0.4 is 10.9 Å². The summed E-state index contributed by atoms with van der Waals surface area (Å²) in [4.78, 5) is 14.5. The molecule has 0 atom stereocenters. The van der Waals surface area contributed by atoms with Crippen molar-refractivity contribution < 1.29 is 0 Å². The van der Waals surface area contributed by atoms with Gasteiger partial charge in [0, 0.05) is 22.8 Å². The quantitative estimate of drug-likeness (QED) is 0.917. The van der Waals surface area contributed by atoms with Gasteiger partial charge >= 0.3 is 0 Å². The number of hydrogen-bond acceptors (Lipinski definition) is 4. The minimum absolute atomic E-state index is 0.207. The van der Waals surface area contributed by atoms with Crippen molar-refractivity contribution >= 4 is 28.6 Å². The highest BCUT2D eigenvalue weighted by Gasteiger charge is 2.09. The molecule has 0 fully saturated rings. The van der Waals surface area contributed by atoms with E-state index in [1.807, 2.05) is 6.92 Å². The number of hydrogen-bond donors (Lipinski definition) is 1. The van der Waals surface area contributed by atoms with Gasteiger partial charge in [0.15, 0.2) is 0 Å². The molecule has 4 nitrogen and oxygen atoms in total. The Morgan fingerprint density at radius 3 is 2.80 bits per heavy atom. The highest BCUT2D eigenvalue weighted by molar-refractivity contribution is 7.12. The summed E-state index contributed by atoms with van der Waals surface area (Å²) in [6.45, 7) is 7.43. The third-order valence-electron chi connectivity index (χ3n) is 3.09. The Morgan fingerprint density at radius 1 is 1.45 bits per heavy atom. The fourth-order valence-corrected chi connectivity index (χ4v) is 3.08. The van der Waals surface area contributed by atoms with E-state index >= 15 is 0 Å². The molecule has 20 heavy (non-hydrogen) atoms. The van der Waals surface area contributed by atoms with Crippen LogP contribution in [-0.2, 0) is 13.1 Å². The normalized spacial score (nSPS) is 10.8. The van der Waals surface area contributed by atoms with E-state index in [-0.39, 0.29) is 10.6 Å². The molecule has 0 aliphatic rings. The van der Waals surface area contributed by atoms with Gasteiger partial charge in [-0.2, -0.15) is 5.10 Å². The zero-order valence-corrected chi connectivity index (χ0v) is 13.4. The van der Waals surface area contributed by atoms with Crippen LogP contribution in [0.25, 0.3) is 0 Å². The van der Waals surface area contributed by atoms with Gasteiger partial charge in [-0.05, 0) is 31.9 Å². The predicted octanol–water partition coefficient (Wildman–Crippen LogP) is 3.60. The van der Waals surface area contributed by atoms with Gasteiger partial charge in [0.2, 0.25) is 0 Å². The average Bonchev–Trinajstić information content (AvgIpc) is 2.74. The van der Waals surface area contributed by atoms with Crippen molar-refractivity contribution in [1.29, 1.82) is 0 Å². The van der Waals surface area contributed by atoms with Crippen LogP contribution >= 0.6 is 22.9 Å². The Labute approximate surface area is 127 Å². The summed E-state index contributed by atoms with van der Waals surface area (Å²) in [5.41, 5.74) is 1.64. The average molecular weight is 312 g/mol. The van der Waals surface area contributed by atoms with Crippen LogP contribution in [0, 0.1) is 13.8 Å². The Balaban J connectivity index is 2.14. The lowest BCUT2D eigenvalue weighted by atomic mass is 10.3. The molecule has 0 unspecified atom stereocenters. The second-order valence-corrected chi connectivity index (χ2v) is 6.42. The van der Waals surface area contributed by atoms with E-state index in [4.69, 9.17) is 11.6 Å². The number of aryl methyl sites for hydroxylation is 3.